The average Bonchev–Trinajstić information content (AvgIpc) is 3.36. The van der Waals surface area contributed by atoms with Gasteiger partial charge in [0.2, 0.25) is 5.91 Å². The van der Waals surface area contributed by atoms with Crippen molar-refractivity contribution in [3.05, 3.63) is 41.0 Å². The summed E-state index contributed by atoms with van der Waals surface area (Å²) < 4.78 is 18.5. The number of nitrogens with zero attached hydrogens (tertiary/aromatic N) is 2. The highest BCUT2D eigenvalue weighted by Crippen LogP contribution is 2.36. The first-order valence-electron chi connectivity index (χ1n) is 12.5. The van der Waals surface area contributed by atoms with Gasteiger partial charge >= 0.3 is 29.8 Å². The van der Waals surface area contributed by atoms with Gasteiger partial charge in [-0.05, 0) is 31.2 Å². The van der Waals surface area contributed by atoms with Crippen molar-refractivity contribution in [1.82, 2.24) is 9.80 Å². The first kappa shape index (κ1) is 35.6. The second-order valence-electron chi connectivity index (χ2n) is 8.38. The molecule has 1 aromatic heterocycles. The smallest absolute Gasteiger partial charge is 0.414 e. The molecule has 0 bridgehead atoms. The number of amides is 1. The fourth-order valence-corrected chi connectivity index (χ4v) is 4.45. The van der Waals surface area contributed by atoms with Gasteiger partial charge in [0.05, 0.1) is 6.61 Å². The van der Waals surface area contributed by atoms with Gasteiger partial charge in [-0.15, -0.1) is 11.3 Å². The van der Waals surface area contributed by atoms with Crippen LogP contribution in [0, 0.1) is 5.82 Å². The maximum atomic E-state index is 13.3. The molecule has 0 unspecified atom stereocenters. The number of hydrogen-bond acceptors (Lipinski definition) is 10. The third-order valence-electron chi connectivity index (χ3n) is 5.61. The monoisotopic (exact) mass is 613 g/mol. The van der Waals surface area contributed by atoms with Gasteiger partial charge < -0.3 is 40.3 Å². The number of carboxylic acid groups (broad SMARTS) is 4. The van der Waals surface area contributed by atoms with E-state index in [0.29, 0.717) is 34.7 Å². The van der Waals surface area contributed by atoms with E-state index in [1.165, 1.54) is 23.5 Å². The molecule has 1 aliphatic heterocycles. The number of hydrogen-bond donors (Lipinski definition) is 5. The van der Waals surface area contributed by atoms with Crippen LogP contribution in [-0.2, 0) is 28.7 Å². The van der Waals surface area contributed by atoms with Crippen LogP contribution in [-0.4, -0.2) is 112 Å². The fourth-order valence-electron chi connectivity index (χ4n) is 3.48. The predicted octanol–water partition coefficient (Wildman–Crippen LogP) is 2.01. The van der Waals surface area contributed by atoms with Crippen molar-refractivity contribution in [2.24, 2.45) is 0 Å². The van der Waals surface area contributed by atoms with Gasteiger partial charge in [0, 0.05) is 50.1 Å². The zero-order valence-corrected chi connectivity index (χ0v) is 23.7. The molecule has 0 saturated carbocycles. The summed E-state index contributed by atoms with van der Waals surface area (Å²) in [5.74, 6) is -8.27. The summed E-state index contributed by atoms with van der Waals surface area (Å²) in [4.78, 5) is 66.2. The van der Waals surface area contributed by atoms with E-state index < -0.39 is 29.8 Å². The number of nitrogens with one attached hydrogen (secondary N) is 1. The predicted molar refractivity (Wildman–Crippen MR) is 148 cm³/mol. The number of carbonyl (C=O) groups excluding carboxylic acids is 2. The summed E-state index contributed by atoms with van der Waals surface area (Å²) in [7, 11) is 0. The third-order valence-corrected chi connectivity index (χ3v) is 6.51. The number of anilines is 1. The summed E-state index contributed by atoms with van der Waals surface area (Å²) >= 11 is 1.28. The Labute approximate surface area is 243 Å². The van der Waals surface area contributed by atoms with Crippen LogP contribution in [0.2, 0.25) is 0 Å². The minimum absolute atomic E-state index is 0.133. The summed E-state index contributed by atoms with van der Waals surface area (Å²) in [6.45, 7) is 9.84. The van der Waals surface area contributed by atoms with Crippen LogP contribution < -0.4 is 5.32 Å². The fraction of sp³-hybridized carbons (Fsp3) is 0.385. The molecule has 16 heteroatoms. The topological polar surface area (TPSA) is 211 Å². The van der Waals surface area contributed by atoms with Gasteiger partial charge in [0.25, 0.3) is 0 Å². The molecular formula is C26H32FN3O11S. The average molecular weight is 614 g/mol. The van der Waals surface area contributed by atoms with Crippen molar-refractivity contribution in [1.29, 1.82) is 0 Å². The first-order valence-corrected chi connectivity index (χ1v) is 13.4. The number of likely N-dealkylation sites (N-methyl/N-ethyl adjacent to an activating group) is 1. The Morgan fingerprint density at radius 2 is 1.36 bits per heavy atom. The largest absolute Gasteiger partial charge is 0.473 e. The molecule has 1 fully saturated rings. The van der Waals surface area contributed by atoms with Crippen LogP contribution in [0.4, 0.5) is 9.39 Å². The van der Waals surface area contributed by atoms with E-state index in [4.69, 9.17) is 44.3 Å². The molecule has 1 amide bonds. The van der Waals surface area contributed by atoms with Gasteiger partial charge in [-0.25, -0.2) is 28.4 Å². The number of halogens is 1. The molecule has 0 spiro atoms. The van der Waals surface area contributed by atoms with Crippen LogP contribution in [0.25, 0.3) is 11.1 Å². The molecule has 2 aromatic rings. The van der Waals surface area contributed by atoms with E-state index in [2.05, 4.69) is 22.0 Å². The highest BCUT2D eigenvalue weighted by atomic mass is 32.1. The van der Waals surface area contributed by atoms with Crippen molar-refractivity contribution < 1.29 is 58.3 Å². The van der Waals surface area contributed by atoms with Gasteiger partial charge in [-0.1, -0.05) is 19.1 Å². The highest BCUT2D eigenvalue weighted by Gasteiger charge is 2.23. The third kappa shape index (κ3) is 12.4. The van der Waals surface area contributed by atoms with E-state index in [-0.39, 0.29) is 18.3 Å². The van der Waals surface area contributed by atoms with Gasteiger partial charge in [0.1, 0.15) is 16.4 Å². The quantitative estimate of drug-likeness (QED) is 0.213. The van der Waals surface area contributed by atoms with Crippen molar-refractivity contribution >= 4 is 52.1 Å². The van der Waals surface area contributed by atoms with Crippen molar-refractivity contribution in [2.45, 2.75) is 20.3 Å². The van der Waals surface area contributed by atoms with Crippen molar-refractivity contribution in [3.63, 3.8) is 0 Å². The number of benzene rings is 1. The number of rotatable bonds is 8. The molecule has 0 atom stereocenters. The lowest BCUT2D eigenvalue weighted by Gasteiger charge is -2.33. The standard InChI is InChI=1S/C22H28FN3O3S.2C2H2O4/c1-3-25-11-13-26(14-12-25)10-9-19(27)24-21-20(22(28)29-4-2)18(15-30-21)16-5-7-17(23)8-6-16;2*3-1(4)2(5)6/h5-8,15H,3-4,9-14H2,1-2H3,(H,24,27);2*(H,3,4)(H,5,6). The number of aliphatic carboxylic acids is 4. The zero-order valence-electron chi connectivity index (χ0n) is 22.9. The Bertz CT molecular complexity index is 1190. The van der Waals surface area contributed by atoms with Crippen LogP contribution in [0.3, 0.4) is 0 Å². The molecule has 42 heavy (non-hydrogen) atoms. The molecule has 0 aliphatic carbocycles. The minimum Gasteiger partial charge on any atom is -0.473 e. The second kappa shape index (κ2) is 18.1. The Morgan fingerprint density at radius 3 is 1.81 bits per heavy atom. The molecule has 14 nitrogen and oxygen atoms in total. The van der Waals surface area contributed by atoms with Gasteiger partial charge in [0.15, 0.2) is 0 Å². The van der Waals surface area contributed by atoms with E-state index in [9.17, 15) is 14.0 Å². The lowest BCUT2D eigenvalue weighted by Crippen LogP contribution is -2.46. The number of carboxylic acids is 4. The Hall–Kier alpha value is -4.41. The Morgan fingerprint density at radius 1 is 0.857 bits per heavy atom. The van der Waals surface area contributed by atoms with Crippen molar-refractivity contribution in [3.8, 4) is 11.1 Å². The SMILES string of the molecule is CCOC(=O)c1c(-c2ccc(F)cc2)csc1NC(=O)CCN1CCN(CC)CC1.O=C(O)C(=O)O.O=C(O)C(=O)O. The normalized spacial score (nSPS) is 12.9. The molecule has 1 saturated heterocycles. The molecule has 230 valence electrons. The minimum atomic E-state index is -1.82. The highest BCUT2D eigenvalue weighted by molar-refractivity contribution is 7.15. The molecule has 2 heterocycles. The van der Waals surface area contributed by atoms with E-state index in [0.717, 1.165) is 32.7 Å². The van der Waals surface area contributed by atoms with Gasteiger partial charge in [-0.2, -0.15) is 0 Å². The lowest BCUT2D eigenvalue weighted by atomic mass is 10.0. The van der Waals surface area contributed by atoms with E-state index in [1.807, 2.05) is 0 Å². The molecular weight excluding hydrogens is 581 g/mol. The first-order chi connectivity index (χ1) is 19.8. The van der Waals surface area contributed by atoms with Crippen molar-refractivity contribution in [2.75, 3.05) is 51.2 Å². The van der Waals surface area contributed by atoms with Crippen LogP contribution >= 0.6 is 11.3 Å². The van der Waals surface area contributed by atoms with Gasteiger partial charge in [-0.3, -0.25) is 4.79 Å². The van der Waals surface area contributed by atoms with Crippen LogP contribution in [0.1, 0.15) is 30.6 Å². The molecule has 1 aromatic carbocycles. The maximum absolute atomic E-state index is 13.3. The number of ether oxygens (including phenoxy) is 1. The number of piperazine rings is 1. The van der Waals surface area contributed by atoms with E-state index >= 15 is 0 Å². The van der Waals surface area contributed by atoms with E-state index in [1.54, 1.807) is 24.4 Å². The Balaban J connectivity index is 0.000000618. The van der Waals surface area contributed by atoms with Crippen LogP contribution in [0.5, 0.6) is 0 Å². The number of thiophene rings is 1. The molecule has 5 N–H and O–H groups in total. The molecule has 1 aliphatic rings. The number of esters is 1. The summed E-state index contributed by atoms with van der Waals surface area (Å²) in [6.07, 6.45) is 0.359. The summed E-state index contributed by atoms with van der Waals surface area (Å²) in [5, 5.41) is 34.7. The number of carbonyl (C=O) groups is 6. The lowest BCUT2D eigenvalue weighted by molar-refractivity contribution is -0.159. The Kier molecular flexibility index (Phi) is 15.4. The zero-order chi connectivity index (χ0) is 31.8. The summed E-state index contributed by atoms with van der Waals surface area (Å²) in [6, 6.07) is 5.92. The maximum Gasteiger partial charge on any atom is 0.414 e. The molecule has 0 radical (unpaired) electrons. The second-order valence-corrected chi connectivity index (χ2v) is 9.26. The summed E-state index contributed by atoms with van der Waals surface area (Å²) in [5.41, 5.74) is 1.65. The molecule has 3 rings (SSSR count). The van der Waals surface area contributed by atoms with Crippen LogP contribution in [0.15, 0.2) is 29.6 Å².